The van der Waals surface area contributed by atoms with Crippen molar-refractivity contribution < 1.29 is 22.0 Å². The molecule has 0 unspecified atom stereocenters. The van der Waals surface area contributed by atoms with Crippen LogP contribution in [0.15, 0.2) is 53.4 Å². The van der Waals surface area contributed by atoms with Crippen LogP contribution in [0.1, 0.15) is 0 Å². The highest BCUT2D eigenvalue weighted by Gasteiger charge is 2.19. The van der Waals surface area contributed by atoms with Gasteiger partial charge in [-0.3, -0.25) is 4.79 Å². The van der Waals surface area contributed by atoms with E-state index in [0.29, 0.717) is 0 Å². The number of amides is 1. The Morgan fingerprint density at radius 3 is 2.29 bits per heavy atom. The lowest BCUT2D eigenvalue weighted by Gasteiger charge is -2.06. The number of anilines is 1. The van der Waals surface area contributed by atoms with Gasteiger partial charge in [0.1, 0.15) is 17.4 Å². The maximum atomic E-state index is 13.0. The molecule has 21 heavy (non-hydrogen) atoms. The van der Waals surface area contributed by atoms with Crippen molar-refractivity contribution in [2.45, 2.75) is 4.90 Å². The van der Waals surface area contributed by atoms with Gasteiger partial charge in [0, 0.05) is 5.69 Å². The van der Waals surface area contributed by atoms with E-state index in [1.165, 1.54) is 18.2 Å². The SMILES string of the molecule is O=C(CS(=O)(=O)c1ccc(F)cc1)Nc1cccc(F)c1. The maximum Gasteiger partial charge on any atom is 0.239 e. The average molecular weight is 311 g/mol. The van der Waals surface area contributed by atoms with E-state index < -0.39 is 33.1 Å². The molecule has 110 valence electrons. The van der Waals surface area contributed by atoms with Gasteiger partial charge >= 0.3 is 0 Å². The number of halogens is 2. The molecule has 0 aliphatic carbocycles. The van der Waals surface area contributed by atoms with Crippen molar-refractivity contribution in [3.63, 3.8) is 0 Å². The number of hydrogen-bond donors (Lipinski definition) is 1. The summed E-state index contributed by atoms with van der Waals surface area (Å²) in [4.78, 5) is 11.5. The molecule has 0 saturated carbocycles. The summed E-state index contributed by atoms with van der Waals surface area (Å²) >= 11 is 0. The minimum atomic E-state index is -3.88. The zero-order valence-corrected chi connectivity index (χ0v) is 11.5. The summed E-state index contributed by atoms with van der Waals surface area (Å²) in [6, 6.07) is 9.26. The van der Waals surface area contributed by atoms with Crippen molar-refractivity contribution in [1.29, 1.82) is 0 Å². The summed E-state index contributed by atoms with van der Waals surface area (Å²) in [6.07, 6.45) is 0. The topological polar surface area (TPSA) is 63.2 Å². The molecule has 0 aliphatic heterocycles. The van der Waals surface area contributed by atoms with E-state index in [-0.39, 0.29) is 10.6 Å². The number of sulfone groups is 1. The first kappa shape index (κ1) is 15.1. The van der Waals surface area contributed by atoms with Crippen LogP contribution >= 0.6 is 0 Å². The van der Waals surface area contributed by atoms with Gasteiger partial charge in [0.05, 0.1) is 4.90 Å². The standard InChI is InChI=1S/C14H11F2NO3S/c15-10-4-6-13(7-5-10)21(19,20)9-14(18)17-12-3-1-2-11(16)8-12/h1-8H,9H2,(H,17,18). The lowest BCUT2D eigenvalue weighted by atomic mass is 10.3. The average Bonchev–Trinajstić information content (AvgIpc) is 2.38. The molecular weight excluding hydrogens is 300 g/mol. The van der Waals surface area contributed by atoms with Crippen molar-refractivity contribution in [3.05, 3.63) is 60.2 Å². The fourth-order valence-corrected chi connectivity index (χ4v) is 2.80. The van der Waals surface area contributed by atoms with Gasteiger partial charge in [0.2, 0.25) is 5.91 Å². The molecule has 2 aromatic carbocycles. The molecule has 0 radical (unpaired) electrons. The molecule has 2 rings (SSSR count). The van der Waals surface area contributed by atoms with Gasteiger partial charge in [-0.1, -0.05) is 6.07 Å². The van der Waals surface area contributed by atoms with Crippen molar-refractivity contribution >= 4 is 21.4 Å². The molecule has 0 heterocycles. The van der Waals surface area contributed by atoms with E-state index in [1.54, 1.807) is 0 Å². The molecular formula is C14H11F2NO3S. The van der Waals surface area contributed by atoms with Gasteiger partial charge in [0.25, 0.3) is 0 Å². The molecule has 0 aliphatic rings. The summed E-state index contributed by atoms with van der Waals surface area (Å²) in [5.41, 5.74) is 0.161. The minimum Gasteiger partial charge on any atom is -0.325 e. The third-order valence-electron chi connectivity index (χ3n) is 2.60. The van der Waals surface area contributed by atoms with Crippen molar-refractivity contribution in [2.75, 3.05) is 11.1 Å². The van der Waals surface area contributed by atoms with E-state index >= 15 is 0 Å². The molecule has 1 N–H and O–H groups in total. The van der Waals surface area contributed by atoms with Crippen LogP contribution in [0.25, 0.3) is 0 Å². The summed E-state index contributed by atoms with van der Waals surface area (Å²) in [7, 11) is -3.88. The Morgan fingerprint density at radius 2 is 1.67 bits per heavy atom. The molecule has 7 heteroatoms. The fourth-order valence-electron chi connectivity index (χ4n) is 1.66. The largest absolute Gasteiger partial charge is 0.325 e. The lowest BCUT2D eigenvalue weighted by molar-refractivity contribution is -0.113. The van der Waals surface area contributed by atoms with Gasteiger partial charge in [-0.05, 0) is 42.5 Å². The first-order valence-corrected chi connectivity index (χ1v) is 7.56. The number of carbonyl (C=O) groups is 1. The zero-order valence-electron chi connectivity index (χ0n) is 10.7. The van der Waals surface area contributed by atoms with Gasteiger partial charge in [-0.2, -0.15) is 0 Å². The third kappa shape index (κ3) is 4.09. The van der Waals surface area contributed by atoms with E-state index in [9.17, 15) is 22.0 Å². The summed E-state index contributed by atoms with van der Waals surface area (Å²) < 4.78 is 49.6. The van der Waals surface area contributed by atoms with E-state index in [1.807, 2.05) is 0 Å². The molecule has 0 fully saturated rings. The van der Waals surface area contributed by atoms with Crippen LogP contribution in [0.2, 0.25) is 0 Å². The Hall–Kier alpha value is -2.28. The van der Waals surface area contributed by atoms with Gasteiger partial charge in [-0.15, -0.1) is 0 Å². The monoisotopic (exact) mass is 311 g/mol. The van der Waals surface area contributed by atoms with Crippen LogP contribution < -0.4 is 5.32 Å². The quantitative estimate of drug-likeness (QED) is 0.882. The van der Waals surface area contributed by atoms with Crippen LogP contribution in [-0.2, 0) is 14.6 Å². The minimum absolute atomic E-state index is 0.154. The van der Waals surface area contributed by atoms with Crippen LogP contribution in [0.5, 0.6) is 0 Å². The zero-order chi connectivity index (χ0) is 15.5. The first-order chi connectivity index (χ1) is 9.87. The number of benzene rings is 2. The fraction of sp³-hybridized carbons (Fsp3) is 0.0714. The Kier molecular flexibility index (Phi) is 4.32. The Morgan fingerprint density at radius 1 is 1.00 bits per heavy atom. The van der Waals surface area contributed by atoms with E-state index in [4.69, 9.17) is 0 Å². The molecule has 0 spiro atoms. The van der Waals surface area contributed by atoms with E-state index in [0.717, 1.165) is 30.3 Å². The number of hydrogen-bond acceptors (Lipinski definition) is 3. The van der Waals surface area contributed by atoms with Crippen molar-refractivity contribution in [2.24, 2.45) is 0 Å². The predicted octanol–water partition coefficient (Wildman–Crippen LogP) is 2.38. The van der Waals surface area contributed by atoms with Gasteiger partial charge in [-0.25, -0.2) is 17.2 Å². The highest BCUT2D eigenvalue weighted by Crippen LogP contribution is 2.13. The van der Waals surface area contributed by atoms with Gasteiger partial charge in [0.15, 0.2) is 9.84 Å². The smallest absolute Gasteiger partial charge is 0.239 e. The second-order valence-electron chi connectivity index (χ2n) is 4.27. The number of rotatable bonds is 4. The highest BCUT2D eigenvalue weighted by molar-refractivity contribution is 7.92. The summed E-state index contributed by atoms with van der Waals surface area (Å²) in [5, 5.41) is 2.29. The van der Waals surface area contributed by atoms with Crippen LogP contribution in [-0.4, -0.2) is 20.1 Å². The molecule has 0 aromatic heterocycles. The maximum absolute atomic E-state index is 13.0. The third-order valence-corrected chi connectivity index (χ3v) is 4.23. The second-order valence-corrected chi connectivity index (χ2v) is 6.26. The van der Waals surface area contributed by atoms with Crippen molar-refractivity contribution in [1.82, 2.24) is 0 Å². The highest BCUT2D eigenvalue weighted by atomic mass is 32.2. The van der Waals surface area contributed by atoms with E-state index in [2.05, 4.69) is 5.32 Å². The number of carbonyl (C=O) groups excluding carboxylic acids is 1. The molecule has 2 aromatic rings. The summed E-state index contributed by atoms with van der Waals surface area (Å²) in [6.45, 7) is 0. The molecule has 0 atom stereocenters. The molecule has 1 amide bonds. The molecule has 4 nitrogen and oxygen atoms in total. The Labute approximate surface area is 120 Å². The Balaban J connectivity index is 2.09. The first-order valence-electron chi connectivity index (χ1n) is 5.90. The summed E-state index contributed by atoms with van der Waals surface area (Å²) in [5.74, 6) is -2.73. The van der Waals surface area contributed by atoms with Gasteiger partial charge < -0.3 is 5.32 Å². The van der Waals surface area contributed by atoms with Crippen LogP contribution in [0, 0.1) is 11.6 Å². The van der Waals surface area contributed by atoms with Crippen LogP contribution in [0.3, 0.4) is 0 Å². The second kappa shape index (κ2) is 6.01. The lowest BCUT2D eigenvalue weighted by Crippen LogP contribution is -2.23. The molecule has 0 saturated heterocycles. The van der Waals surface area contributed by atoms with Crippen LogP contribution in [0.4, 0.5) is 14.5 Å². The van der Waals surface area contributed by atoms with Crippen molar-refractivity contribution in [3.8, 4) is 0 Å². The normalized spacial score (nSPS) is 11.1. The predicted molar refractivity (Wildman–Crippen MR) is 73.5 cm³/mol. The number of nitrogens with one attached hydrogen (secondary N) is 1. The Bertz CT molecular complexity index is 758. The molecule has 0 bridgehead atoms.